The number of carbonyl (C=O) groups is 1. The van der Waals surface area contributed by atoms with Crippen LogP contribution in [0.3, 0.4) is 0 Å². The fourth-order valence-corrected chi connectivity index (χ4v) is 2.69. The first kappa shape index (κ1) is 15.5. The normalized spacial score (nSPS) is 10.8. The molecule has 0 atom stereocenters. The molecule has 3 rings (SSSR count). The molecule has 1 amide bonds. The van der Waals surface area contributed by atoms with E-state index in [0.29, 0.717) is 15.9 Å². The third-order valence-corrected chi connectivity index (χ3v) is 4.54. The second kappa shape index (κ2) is 6.00. The number of anilines is 1. The average Bonchev–Trinajstić information content (AvgIpc) is 3.07. The molecule has 6 nitrogen and oxygen atoms in total. The van der Waals surface area contributed by atoms with Gasteiger partial charge in [-0.15, -0.1) is 0 Å². The minimum atomic E-state index is -0.247. The van der Waals surface area contributed by atoms with Crippen LogP contribution in [0.15, 0.2) is 41.0 Å². The molecule has 3 aromatic rings. The summed E-state index contributed by atoms with van der Waals surface area (Å²) in [5.41, 5.74) is 3.87. The second-order valence-corrected chi connectivity index (χ2v) is 6.07. The van der Waals surface area contributed by atoms with Crippen molar-refractivity contribution < 1.29 is 4.79 Å². The molecular weight excluding hydrogens is 358 g/mol. The Balaban J connectivity index is 1.78. The summed E-state index contributed by atoms with van der Waals surface area (Å²) in [5, 5.41) is 11.4. The topological polar surface area (TPSA) is 64.7 Å². The lowest BCUT2D eigenvalue weighted by molar-refractivity contribution is 0.102. The summed E-state index contributed by atoms with van der Waals surface area (Å²) in [6, 6.07) is 9.43. The Morgan fingerprint density at radius 3 is 2.35 bits per heavy atom. The van der Waals surface area contributed by atoms with Crippen molar-refractivity contribution in [2.45, 2.75) is 13.8 Å². The highest BCUT2D eigenvalue weighted by atomic mass is 79.9. The highest BCUT2D eigenvalue weighted by Gasteiger charge is 2.17. The molecule has 2 heterocycles. The Labute approximate surface area is 142 Å². The number of carbonyl (C=O) groups excluding carboxylic acids is 1. The number of hydrogen-bond acceptors (Lipinski definition) is 3. The maximum absolute atomic E-state index is 12.3. The first-order chi connectivity index (χ1) is 11.0. The van der Waals surface area contributed by atoms with Crippen LogP contribution in [-0.4, -0.2) is 25.5 Å². The molecule has 0 radical (unpaired) electrons. The van der Waals surface area contributed by atoms with Gasteiger partial charge in [-0.05, 0) is 60.1 Å². The molecule has 0 unspecified atom stereocenters. The minimum absolute atomic E-state index is 0.247. The van der Waals surface area contributed by atoms with Crippen LogP contribution in [-0.2, 0) is 7.05 Å². The number of aromatic nitrogens is 4. The van der Waals surface area contributed by atoms with E-state index in [1.54, 1.807) is 16.4 Å². The van der Waals surface area contributed by atoms with Crippen LogP contribution >= 0.6 is 15.9 Å². The smallest absolute Gasteiger partial charge is 0.277 e. The van der Waals surface area contributed by atoms with Gasteiger partial charge in [0.05, 0.1) is 21.5 Å². The molecular formula is C16H16BrN5O. The first-order valence-electron chi connectivity index (χ1n) is 7.09. The van der Waals surface area contributed by atoms with E-state index in [2.05, 4.69) is 31.4 Å². The summed E-state index contributed by atoms with van der Waals surface area (Å²) in [6.45, 7) is 3.84. The predicted octanol–water partition coefficient (Wildman–Crippen LogP) is 3.24. The highest BCUT2D eigenvalue weighted by molar-refractivity contribution is 9.10. The molecule has 0 spiro atoms. The number of hydrogen-bond donors (Lipinski definition) is 1. The van der Waals surface area contributed by atoms with E-state index in [1.165, 1.54) is 0 Å². The van der Waals surface area contributed by atoms with E-state index in [0.717, 1.165) is 17.1 Å². The standard InChI is InChI=1S/C16H16BrN5O/c1-10-8-9-22(19-10)13-6-4-12(5-7-13)18-16(23)15-14(17)11(2)21(3)20-15/h4-9H,1-3H3,(H,18,23). The van der Waals surface area contributed by atoms with Gasteiger partial charge in [-0.3, -0.25) is 9.48 Å². The fraction of sp³-hybridized carbons (Fsp3) is 0.188. The molecule has 0 aliphatic rings. The van der Waals surface area contributed by atoms with Gasteiger partial charge in [0.1, 0.15) is 0 Å². The number of nitrogens with zero attached hydrogens (tertiary/aromatic N) is 4. The maximum atomic E-state index is 12.3. The molecule has 118 valence electrons. The third-order valence-electron chi connectivity index (χ3n) is 3.59. The second-order valence-electron chi connectivity index (χ2n) is 5.27. The van der Waals surface area contributed by atoms with Gasteiger partial charge >= 0.3 is 0 Å². The van der Waals surface area contributed by atoms with E-state index in [-0.39, 0.29) is 5.91 Å². The molecule has 0 saturated heterocycles. The lowest BCUT2D eigenvalue weighted by atomic mass is 10.2. The SMILES string of the molecule is Cc1ccn(-c2ccc(NC(=O)c3nn(C)c(C)c3Br)cc2)n1. The zero-order valence-corrected chi connectivity index (χ0v) is 14.6. The number of halogens is 1. The summed E-state index contributed by atoms with van der Waals surface area (Å²) >= 11 is 3.40. The molecule has 1 aromatic carbocycles. The van der Waals surface area contributed by atoms with Gasteiger partial charge in [0.15, 0.2) is 5.69 Å². The van der Waals surface area contributed by atoms with E-state index in [1.807, 2.05) is 50.4 Å². The van der Waals surface area contributed by atoms with Crippen molar-refractivity contribution in [1.29, 1.82) is 0 Å². The van der Waals surface area contributed by atoms with E-state index in [9.17, 15) is 4.79 Å². The first-order valence-corrected chi connectivity index (χ1v) is 7.88. The lowest BCUT2D eigenvalue weighted by Gasteiger charge is -2.06. The molecule has 1 N–H and O–H groups in total. The maximum Gasteiger partial charge on any atom is 0.277 e. The predicted molar refractivity (Wildman–Crippen MR) is 91.9 cm³/mol. The molecule has 23 heavy (non-hydrogen) atoms. The molecule has 0 saturated carbocycles. The van der Waals surface area contributed by atoms with Crippen molar-refractivity contribution in [3.63, 3.8) is 0 Å². The molecule has 7 heteroatoms. The fourth-order valence-electron chi connectivity index (χ4n) is 2.17. The molecule has 0 bridgehead atoms. The molecule has 0 fully saturated rings. The van der Waals surface area contributed by atoms with Crippen LogP contribution in [0.25, 0.3) is 5.69 Å². The van der Waals surface area contributed by atoms with Gasteiger partial charge in [-0.25, -0.2) is 4.68 Å². The molecule has 2 aromatic heterocycles. The third kappa shape index (κ3) is 3.05. The Bertz CT molecular complexity index is 863. The van der Waals surface area contributed by atoms with Crippen molar-refractivity contribution in [3.05, 3.63) is 58.1 Å². The highest BCUT2D eigenvalue weighted by Crippen LogP contribution is 2.21. The number of amides is 1. The van der Waals surface area contributed by atoms with E-state index >= 15 is 0 Å². The summed E-state index contributed by atoms with van der Waals surface area (Å²) in [5.74, 6) is -0.247. The van der Waals surface area contributed by atoms with Gasteiger partial charge in [0.25, 0.3) is 5.91 Å². The zero-order chi connectivity index (χ0) is 16.6. The van der Waals surface area contributed by atoms with Crippen molar-refractivity contribution >= 4 is 27.5 Å². The van der Waals surface area contributed by atoms with Crippen molar-refractivity contribution in [1.82, 2.24) is 19.6 Å². The Hall–Kier alpha value is -2.41. The van der Waals surface area contributed by atoms with Crippen LogP contribution < -0.4 is 5.32 Å². The zero-order valence-electron chi connectivity index (χ0n) is 13.0. The summed E-state index contributed by atoms with van der Waals surface area (Å²) in [4.78, 5) is 12.3. The molecule has 0 aliphatic heterocycles. The lowest BCUT2D eigenvalue weighted by Crippen LogP contribution is -2.13. The van der Waals surface area contributed by atoms with Crippen LogP contribution in [0.5, 0.6) is 0 Å². The number of nitrogens with one attached hydrogen (secondary N) is 1. The minimum Gasteiger partial charge on any atom is -0.321 e. The van der Waals surface area contributed by atoms with Crippen molar-refractivity contribution in [2.24, 2.45) is 7.05 Å². The van der Waals surface area contributed by atoms with E-state index in [4.69, 9.17) is 0 Å². The van der Waals surface area contributed by atoms with Crippen LogP contribution in [0.2, 0.25) is 0 Å². The monoisotopic (exact) mass is 373 g/mol. The summed E-state index contributed by atoms with van der Waals surface area (Å²) in [6.07, 6.45) is 1.90. The largest absolute Gasteiger partial charge is 0.321 e. The van der Waals surface area contributed by atoms with Gasteiger partial charge in [-0.2, -0.15) is 10.2 Å². The van der Waals surface area contributed by atoms with Gasteiger partial charge in [0, 0.05) is 18.9 Å². The Morgan fingerprint density at radius 2 is 1.83 bits per heavy atom. The van der Waals surface area contributed by atoms with Gasteiger partial charge in [-0.1, -0.05) is 0 Å². The van der Waals surface area contributed by atoms with Crippen LogP contribution in [0.1, 0.15) is 21.9 Å². The number of benzene rings is 1. The number of aryl methyl sites for hydroxylation is 2. The Morgan fingerprint density at radius 1 is 1.13 bits per heavy atom. The van der Waals surface area contributed by atoms with Crippen molar-refractivity contribution in [2.75, 3.05) is 5.32 Å². The summed E-state index contributed by atoms with van der Waals surface area (Å²) in [7, 11) is 1.80. The van der Waals surface area contributed by atoms with Gasteiger partial charge < -0.3 is 5.32 Å². The van der Waals surface area contributed by atoms with Crippen molar-refractivity contribution in [3.8, 4) is 5.69 Å². The Kier molecular flexibility index (Phi) is 4.04. The van der Waals surface area contributed by atoms with Crippen LogP contribution in [0.4, 0.5) is 5.69 Å². The van der Waals surface area contributed by atoms with E-state index < -0.39 is 0 Å². The van der Waals surface area contributed by atoms with Gasteiger partial charge in [0.2, 0.25) is 0 Å². The number of rotatable bonds is 3. The summed E-state index contributed by atoms with van der Waals surface area (Å²) < 4.78 is 4.17. The van der Waals surface area contributed by atoms with Crippen LogP contribution in [0, 0.1) is 13.8 Å². The molecule has 0 aliphatic carbocycles. The average molecular weight is 374 g/mol. The quantitative estimate of drug-likeness (QED) is 0.766.